The second-order valence-corrected chi connectivity index (χ2v) is 4.90. The van der Waals surface area contributed by atoms with Gasteiger partial charge in [-0.25, -0.2) is 0 Å². The Hall–Kier alpha value is -1.22. The van der Waals surface area contributed by atoms with Crippen LogP contribution < -0.4 is 15.2 Å². The van der Waals surface area contributed by atoms with Gasteiger partial charge >= 0.3 is 0 Å². The van der Waals surface area contributed by atoms with E-state index in [4.69, 9.17) is 15.2 Å². The fourth-order valence-corrected chi connectivity index (χ4v) is 2.10. The molecule has 1 aromatic rings. The highest BCUT2D eigenvalue weighted by Gasteiger charge is 2.15. The minimum absolute atomic E-state index is 0.109. The van der Waals surface area contributed by atoms with Crippen molar-refractivity contribution >= 4 is 0 Å². The molecule has 3 heteroatoms. The van der Waals surface area contributed by atoms with Gasteiger partial charge in [-0.1, -0.05) is 13.8 Å². The predicted octanol–water partition coefficient (Wildman–Crippen LogP) is 3.11. The lowest BCUT2D eigenvalue weighted by molar-refractivity contribution is 0.391. The van der Waals surface area contributed by atoms with E-state index >= 15 is 0 Å². The summed E-state index contributed by atoms with van der Waals surface area (Å²) in [7, 11) is 3.41. The molecule has 0 aromatic heterocycles. The highest BCUT2D eigenvalue weighted by Crippen LogP contribution is 2.35. The van der Waals surface area contributed by atoms with Gasteiger partial charge in [-0.05, 0) is 43.4 Å². The van der Waals surface area contributed by atoms with Crippen molar-refractivity contribution < 1.29 is 9.47 Å². The Morgan fingerprint density at radius 3 is 2.17 bits per heavy atom. The molecule has 0 saturated heterocycles. The number of ether oxygens (including phenoxy) is 2. The predicted molar refractivity (Wildman–Crippen MR) is 75.6 cm³/mol. The molecule has 18 heavy (non-hydrogen) atoms. The van der Waals surface area contributed by atoms with Crippen LogP contribution in [0.1, 0.15) is 44.2 Å². The molecule has 0 saturated carbocycles. The molecule has 1 rings (SSSR count). The van der Waals surface area contributed by atoms with Gasteiger partial charge in [0.05, 0.1) is 14.2 Å². The van der Waals surface area contributed by atoms with Crippen molar-refractivity contribution in [2.24, 2.45) is 5.73 Å². The largest absolute Gasteiger partial charge is 0.496 e. The molecule has 0 fully saturated rings. The normalized spacial score (nSPS) is 14.1. The maximum absolute atomic E-state index is 5.87. The highest BCUT2D eigenvalue weighted by molar-refractivity contribution is 5.48. The Labute approximate surface area is 110 Å². The van der Waals surface area contributed by atoms with Crippen LogP contribution in [0.5, 0.6) is 11.5 Å². The van der Waals surface area contributed by atoms with Gasteiger partial charge in [0, 0.05) is 11.6 Å². The van der Waals surface area contributed by atoms with E-state index in [1.54, 1.807) is 14.2 Å². The number of hydrogen-bond donors (Lipinski definition) is 1. The van der Waals surface area contributed by atoms with E-state index in [1.807, 2.05) is 6.92 Å². The van der Waals surface area contributed by atoms with Crippen LogP contribution in [0.25, 0.3) is 0 Å². The Morgan fingerprint density at radius 1 is 1.11 bits per heavy atom. The summed E-state index contributed by atoms with van der Waals surface area (Å²) in [6.45, 7) is 6.36. The van der Waals surface area contributed by atoms with Crippen LogP contribution in [0.3, 0.4) is 0 Å². The summed E-state index contributed by atoms with van der Waals surface area (Å²) in [4.78, 5) is 0. The van der Waals surface area contributed by atoms with Crippen molar-refractivity contribution in [3.05, 3.63) is 23.3 Å². The van der Waals surface area contributed by atoms with Gasteiger partial charge in [-0.15, -0.1) is 0 Å². The summed E-state index contributed by atoms with van der Waals surface area (Å²) in [5, 5.41) is 0. The number of nitrogens with two attached hydrogens (primary N) is 1. The molecule has 0 aliphatic rings. The minimum Gasteiger partial charge on any atom is -0.496 e. The van der Waals surface area contributed by atoms with Crippen molar-refractivity contribution in [3.63, 3.8) is 0 Å². The van der Waals surface area contributed by atoms with Gasteiger partial charge in [0.25, 0.3) is 0 Å². The van der Waals surface area contributed by atoms with E-state index < -0.39 is 0 Å². The number of benzene rings is 1. The zero-order valence-corrected chi connectivity index (χ0v) is 12.1. The molecule has 0 aliphatic carbocycles. The summed E-state index contributed by atoms with van der Waals surface area (Å²) in [5.41, 5.74) is 8.17. The number of hydrogen-bond acceptors (Lipinski definition) is 3. The SMILES string of the molecule is CC[C@@H](C)c1cc(OC)c(CC(C)N)cc1OC. The fourth-order valence-electron chi connectivity index (χ4n) is 2.10. The third-order valence-corrected chi connectivity index (χ3v) is 3.32. The van der Waals surface area contributed by atoms with Crippen LogP contribution in [0.4, 0.5) is 0 Å². The van der Waals surface area contributed by atoms with Crippen molar-refractivity contribution in [1.82, 2.24) is 0 Å². The lowest BCUT2D eigenvalue weighted by Gasteiger charge is -2.19. The third-order valence-electron chi connectivity index (χ3n) is 3.32. The standard InChI is InChI=1S/C15H25NO2/c1-6-10(2)13-9-14(17-4)12(7-11(3)16)8-15(13)18-5/h8-11H,6-7,16H2,1-5H3/t10-,11?/m1/s1. The fraction of sp³-hybridized carbons (Fsp3) is 0.600. The molecule has 0 heterocycles. The zero-order chi connectivity index (χ0) is 13.7. The molecule has 102 valence electrons. The van der Waals surface area contributed by atoms with Crippen molar-refractivity contribution in [2.45, 2.75) is 45.6 Å². The summed E-state index contributed by atoms with van der Waals surface area (Å²) in [5.74, 6) is 2.29. The van der Waals surface area contributed by atoms with E-state index in [9.17, 15) is 0 Å². The van der Waals surface area contributed by atoms with Crippen LogP contribution in [0, 0.1) is 0 Å². The van der Waals surface area contributed by atoms with Crippen molar-refractivity contribution in [2.75, 3.05) is 14.2 Å². The van der Waals surface area contributed by atoms with Crippen molar-refractivity contribution in [1.29, 1.82) is 0 Å². The molecular weight excluding hydrogens is 226 g/mol. The molecule has 0 spiro atoms. The summed E-state index contributed by atoms with van der Waals surface area (Å²) in [6.07, 6.45) is 1.87. The minimum atomic E-state index is 0.109. The van der Waals surface area contributed by atoms with Crippen LogP contribution in [0.2, 0.25) is 0 Å². The summed E-state index contributed by atoms with van der Waals surface area (Å²) >= 11 is 0. The average molecular weight is 251 g/mol. The number of rotatable bonds is 6. The van der Waals surface area contributed by atoms with E-state index in [0.717, 1.165) is 29.9 Å². The molecule has 3 nitrogen and oxygen atoms in total. The Morgan fingerprint density at radius 2 is 1.72 bits per heavy atom. The molecule has 0 amide bonds. The molecule has 1 unspecified atom stereocenters. The first-order valence-corrected chi connectivity index (χ1v) is 6.53. The Balaban J connectivity index is 3.23. The topological polar surface area (TPSA) is 44.5 Å². The lowest BCUT2D eigenvalue weighted by Crippen LogP contribution is -2.18. The molecule has 2 N–H and O–H groups in total. The Kier molecular flexibility index (Phi) is 5.48. The van der Waals surface area contributed by atoms with Gasteiger partial charge in [-0.3, -0.25) is 0 Å². The summed E-state index contributed by atoms with van der Waals surface area (Å²) < 4.78 is 11.0. The van der Waals surface area contributed by atoms with Crippen LogP contribution in [-0.2, 0) is 6.42 Å². The van der Waals surface area contributed by atoms with Crippen LogP contribution in [-0.4, -0.2) is 20.3 Å². The van der Waals surface area contributed by atoms with E-state index in [1.165, 1.54) is 5.56 Å². The molecular formula is C15H25NO2. The lowest BCUT2D eigenvalue weighted by atomic mass is 9.94. The monoisotopic (exact) mass is 251 g/mol. The zero-order valence-electron chi connectivity index (χ0n) is 12.1. The maximum atomic E-state index is 5.87. The first-order valence-electron chi connectivity index (χ1n) is 6.53. The summed E-state index contributed by atoms with van der Waals surface area (Å²) in [6, 6.07) is 4.26. The third kappa shape index (κ3) is 3.39. The van der Waals surface area contributed by atoms with E-state index in [-0.39, 0.29) is 6.04 Å². The van der Waals surface area contributed by atoms with Gasteiger partial charge in [0.1, 0.15) is 11.5 Å². The first kappa shape index (κ1) is 14.8. The molecule has 1 aromatic carbocycles. The van der Waals surface area contributed by atoms with Gasteiger partial charge in [0.15, 0.2) is 0 Å². The maximum Gasteiger partial charge on any atom is 0.122 e. The smallest absolute Gasteiger partial charge is 0.122 e. The average Bonchev–Trinajstić information content (AvgIpc) is 2.36. The first-order chi connectivity index (χ1) is 8.53. The molecule has 0 radical (unpaired) electrons. The Bertz CT molecular complexity index is 388. The van der Waals surface area contributed by atoms with Gasteiger partial charge in [-0.2, -0.15) is 0 Å². The number of methoxy groups -OCH3 is 2. The molecule has 0 aliphatic heterocycles. The van der Waals surface area contributed by atoms with Crippen molar-refractivity contribution in [3.8, 4) is 11.5 Å². The molecule has 0 bridgehead atoms. The second kappa shape index (κ2) is 6.64. The molecule has 2 atom stereocenters. The van der Waals surface area contributed by atoms with Crippen LogP contribution >= 0.6 is 0 Å². The van der Waals surface area contributed by atoms with Crippen LogP contribution in [0.15, 0.2) is 12.1 Å². The van der Waals surface area contributed by atoms with E-state index in [0.29, 0.717) is 5.92 Å². The second-order valence-electron chi connectivity index (χ2n) is 4.90. The van der Waals surface area contributed by atoms with Gasteiger partial charge in [0.2, 0.25) is 0 Å². The van der Waals surface area contributed by atoms with Gasteiger partial charge < -0.3 is 15.2 Å². The van der Waals surface area contributed by atoms with E-state index in [2.05, 4.69) is 26.0 Å². The highest BCUT2D eigenvalue weighted by atomic mass is 16.5. The quantitative estimate of drug-likeness (QED) is 0.845.